The van der Waals surface area contributed by atoms with Crippen molar-refractivity contribution in [2.45, 2.75) is 19.3 Å². The molecule has 3 heteroatoms. The number of allylic oxidation sites excluding steroid dienone is 1. The highest BCUT2D eigenvalue weighted by atomic mass is 32.1. The molecule has 3 heterocycles. The van der Waals surface area contributed by atoms with Gasteiger partial charge in [0.25, 0.3) is 0 Å². The van der Waals surface area contributed by atoms with Gasteiger partial charge in [-0.05, 0) is 66.4 Å². The molecule has 0 amide bonds. The second-order valence-electron chi connectivity index (χ2n) is 11.0. The number of fused-ring (bicyclic) bond motifs is 9. The Kier molecular flexibility index (Phi) is 4.56. The van der Waals surface area contributed by atoms with E-state index < -0.39 is 0 Å². The molecule has 40 heavy (non-hydrogen) atoms. The van der Waals surface area contributed by atoms with E-state index in [1.807, 2.05) is 11.3 Å². The van der Waals surface area contributed by atoms with Crippen molar-refractivity contribution in [3.05, 3.63) is 127 Å². The molecule has 1 aliphatic rings. The number of hydrogen-bond acceptors (Lipinski definition) is 1. The molecule has 2 nitrogen and oxygen atoms in total. The van der Waals surface area contributed by atoms with Crippen LogP contribution in [0.15, 0.2) is 115 Å². The monoisotopic (exact) mass is 530 g/mol. The van der Waals surface area contributed by atoms with E-state index in [4.69, 9.17) is 0 Å². The number of nitrogens with zero attached hydrogens (tertiary/aromatic N) is 2. The molecule has 1 unspecified atom stereocenters. The molecule has 0 aliphatic heterocycles. The van der Waals surface area contributed by atoms with Crippen LogP contribution in [0.5, 0.6) is 0 Å². The fourth-order valence-electron chi connectivity index (χ4n) is 7.01. The Bertz CT molecular complexity index is 2320. The van der Waals surface area contributed by atoms with Crippen LogP contribution in [-0.2, 0) is 0 Å². The first-order valence-electron chi connectivity index (χ1n) is 14.0. The minimum absolute atomic E-state index is 0.513. The summed E-state index contributed by atoms with van der Waals surface area (Å²) in [6, 6.07) is 40.3. The first-order valence-corrected chi connectivity index (χ1v) is 14.8. The number of hydrogen-bond donors (Lipinski definition) is 0. The van der Waals surface area contributed by atoms with E-state index in [2.05, 4.69) is 137 Å². The van der Waals surface area contributed by atoms with Gasteiger partial charge in [-0.3, -0.25) is 0 Å². The zero-order chi connectivity index (χ0) is 26.4. The second-order valence-corrected chi connectivity index (χ2v) is 12.0. The van der Waals surface area contributed by atoms with Gasteiger partial charge >= 0.3 is 0 Å². The third-order valence-corrected chi connectivity index (χ3v) is 9.96. The molecule has 0 radical (unpaired) electrons. The Hall–Kier alpha value is -4.60. The molecule has 8 aromatic rings. The minimum atomic E-state index is 0.513. The predicted molar refractivity (Wildman–Crippen MR) is 173 cm³/mol. The van der Waals surface area contributed by atoms with Crippen molar-refractivity contribution in [3.8, 4) is 11.4 Å². The molecule has 1 atom stereocenters. The van der Waals surface area contributed by atoms with E-state index in [0.29, 0.717) is 5.92 Å². The molecule has 0 saturated carbocycles. The number of benzene rings is 5. The molecule has 0 fully saturated rings. The summed E-state index contributed by atoms with van der Waals surface area (Å²) < 4.78 is 7.60. The molecule has 190 valence electrons. The Labute approximate surface area is 236 Å². The van der Waals surface area contributed by atoms with Crippen LogP contribution in [-0.4, -0.2) is 9.13 Å². The lowest BCUT2D eigenvalue weighted by molar-refractivity contribution is 0.773. The molecule has 0 bridgehead atoms. The fourth-order valence-corrected chi connectivity index (χ4v) is 8.22. The van der Waals surface area contributed by atoms with Crippen molar-refractivity contribution < 1.29 is 0 Å². The lowest BCUT2D eigenvalue weighted by atomic mass is 9.91. The summed E-state index contributed by atoms with van der Waals surface area (Å²) in [6.07, 6.45) is 5.75. The van der Waals surface area contributed by atoms with Gasteiger partial charge in [0.05, 0.1) is 26.9 Å². The van der Waals surface area contributed by atoms with Gasteiger partial charge < -0.3 is 9.13 Å². The van der Waals surface area contributed by atoms with Gasteiger partial charge in [-0.1, -0.05) is 79.7 Å². The topological polar surface area (TPSA) is 9.86 Å². The molecule has 0 saturated heterocycles. The molecular formula is C37H26N2S. The maximum Gasteiger partial charge on any atom is 0.0640 e. The first kappa shape index (κ1) is 22.2. The third kappa shape index (κ3) is 2.93. The van der Waals surface area contributed by atoms with E-state index in [0.717, 1.165) is 6.42 Å². The Balaban J connectivity index is 1.36. The van der Waals surface area contributed by atoms with Crippen LogP contribution in [0.3, 0.4) is 0 Å². The van der Waals surface area contributed by atoms with Crippen molar-refractivity contribution in [2.75, 3.05) is 0 Å². The van der Waals surface area contributed by atoms with Crippen LogP contribution in [0.2, 0.25) is 0 Å². The van der Waals surface area contributed by atoms with Crippen LogP contribution in [0.1, 0.15) is 30.5 Å². The smallest absolute Gasteiger partial charge is 0.0640 e. The van der Waals surface area contributed by atoms with Gasteiger partial charge in [0.15, 0.2) is 0 Å². The Morgan fingerprint density at radius 2 is 1.32 bits per heavy atom. The molecule has 5 aromatic carbocycles. The summed E-state index contributed by atoms with van der Waals surface area (Å²) in [6.45, 7) is 2.35. The standard InChI is InChI=1S/C37H26N2S/c1-23-10-8-17-33-36(23)28-13-3-6-16-31(28)38(33)24-20-21-32-29(22-24)25-11-2-5-15-30(25)39(32)34-18-9-14-27-26-12-4-7-19-35(26)40-37(27)34/h2-9,11-23H,10H2,1H3. The van der Waals surface area contributed by atoms with Crippen LogP contribution >= 0.6 is 11.3 Å². The van der Waals surface area contributed by atoms with Gasteiger partial charge in [0.2, 0.25) is 0 Å². The molecule has 9 rings (SSSR count). The lowest BCUT2D eigenvalue weighted by Gasteiger charge is -2.17. The average Bonchev–Trinajstić information content (AvgIpc) is 3.65. The number of thiophene rings is 1. The number of para-hydroxylation sites is 2. The third-order valence-electron chi connectivity index (χ3n) is 8.75. The van der Waals surface area contributed by atoms with E-state index in [-0.39, 0.29) is 0 Å². The Morgan fingerprint density at radius 1 is 0.625 bits per heavy atom. The summed E-state index contributed by atoms with van der Waals surface area (Å²) in [4.78, 5) is 0. The highest BCUT2D eigenvalue weighted by molar-refractivity contribution is 7.26. The van der Waals surface area contributed by atoms with Crippen molar-refractivity contribution in [2.24, 2.45) is 0 Å². The van der Waals surface area contributed by atoms with Crippen molar-refractivity contribution >= 4 is 70.3 Å². The molecular weight excluding hydrogens is 504 g/mol. The van der Waals surface area contributed by atoms with Crippen LogP contribution in [0.25, 0.3) is 70.3 Å². The van der Waals surface area contributed by atoms with Gasteiger partial charge in [0.1, 0.15) is 0 Å². The van der Waals surface area contributed by atoms with Gasteiger partial charge in [-0.15, -0.1) is 11.3 Å². The average molecular weight is 531 g/mol. The SMILES string of the molecule is CC1CC=Cc2c1c1ccccc1n2-c1ccc2c(c1)c1ccccc1n2-c1cccc2c1sc1ccccc12. The zero-order valence-electron chi connectivity index (χ0n) is 22.1. The highest BCUT2D eigenvalue weighted by Gasteiger charge is 2.23. The minimum Gasteiger partial charge on any atom is -0.310 e. The van der Waals surface area contributed by atoms with Crippen molar-refractivity contribution in [1.82, 2.24) is 9.13 Å². The fraction of sp³-hybridized carbons (Fsp3) is 0.0811. The van der Waals surface area contributed by atoms with E-state index in [1.54, 1.807) is 0 Å². The summed E-state index contributed by atoms with van der Waals surface area (Å²) in [7, 11) is 0. The zero-order valence-corrected chi connectivity index (χ0v) is 23.0. The number of aromatic nitrogens is 2. The quantitative estimate of drug-likeness (QED) is 0.210. The van der Waals surface area contributed by atoms with Crippen molar-refractivity contribution in [3.63, 3.8) is 0 Å². The molecule has 0 N–H and O–H groups in total. The molecule has 3 aromatic heterocycles. The second kappa shape index (κ2) is 8.20. The highest BCUT2D eigenvalue weighted by Crippen LogP contribution is 2.43. The lowest BCUT2D eigenvalue weighted by Crippen LogP contribution is -2.03. The maximum atomic E-state index is 2.47. The summed E-state index contributed by atoms with van der Waals surface area (Å²) >= 11 is 1.89. The van der Waals surface area contributed by atoms with Gasteiger partial charge in [-0.2, -0.15) is 0 Å². The van der Waals surface area contributed by atoms with Crippen LogP contribution < -0.4 is 0 Å². The van der Waals surface area contributed by atoms with E-state index in [1.165, 1.54) is 75.5 Å². The van der Waals surface area contributed by atoms with E-state index in [9.17, 15) is 0 Å². The normalized spacial score (nSPS) is 15.2. The van der Waals surface area contributed by atoms with Gasteiger partial charge in [0, 0.05) is 43.0 Å². The van der Waals surface area contributed by atoms with E-state index >= 15 is 0 Å². The summed E-state index contributed by atoms with van der Waals surface area (Å²) in [5.74, 6) is 0.513. The molecule has 0 spiro atoms. The number of rotatable bonds is 2. The van der Waals surface area contributed by atoms with Crippen molar-refractivity contribution in [1.29, 1.82) is 0 Å². The largest absolute Gasteiger partial charge is 0.310 e. The Morgan fingerprint density at radius 3 is 2.20 bits per heavy atom. The van der Waals surface area contributed by atoms with Crippen LogP contribution in [0, 0.1) is 0 Å². The van der Waals surface area contributed by atoms with Crippen LogP contribution in [0.4, 0.5) is 0 Å². The maximum absolute atomic E-state index is 2.47. The molecule has 1 aliphatic carbocycles. The first-order chi connectivity index (χ1) is 19.8. The van der Waals surface area contributed by atoms with Gasteiger partial charge in [-0.25, -0.2) is 0 Å². The summed E-state index contributed by atoms with van der Waals surface area (Å²) in [5.41, 5.74) is 9.01. The summed E-state index contributed by atoms with van der Waals surface area (Å²) in [5, 5.41) is 6.59. The predicted octanol–water partition coefficient (Wildman–Crippen LogP) is 10.6.